The van der Waals surface area contributed by atoms with E-state index in [2.05, 4.69) is 10.1 Å². The van der Waals surface area contributed by atoms with Gasteiger partial charge in [-0.2, -0.15) is 4.98 Å². The molecule has 0 N–H and O–H groups in total. The Hall–Kier alpha value is -3.42. The van der Waals surface area contributed by atoms with Crippen LogP contribution in [-0.2, 0) is 4.79 Å². The molecule has 1 aliphatic rings. The molecule has 3 aromatic rings. The zero-order valence-corrected chi connectivity index (χ0v) is 17.0. The summed E-state index contributed by atoms with van der Waals surface area (Å²) in [4.78, 5) is 18.9. The van der Waals surface area contributed by atoms with E-state index in [-0.39, 0.29) is 23.7 Å². The van der Waals surface area contributed by atoms with Crippen molar-refractivity contribution in [3.8, 4) is 23.0 Å². The molecule has 1 amide bonds. The monoisotopic (exact) mass is 411 g/mol. The van der Waals surface area contributed by atoms with Gasteiger partial charge in [-0.05, 0) is 36.8 Å². The average molecular weight is 411 g/mol. The zero-order chi connectivity index (χ0) is 21.3. The minimum absolute atomic E-state index is 0.00576. The van der Waals surface area contributed by atoms with Crippen LogP contribution in [0.1, 0.15) is 36.7 Å². The largest absolute Gasteiger partial charge is 0.497 e. The molecule has 0 bridgehead atoms. The third-order valence-electron chi connectivity index (χ3n) is 5.38. The molecule has 1 aliphatic heterocycles. The summed E-state index contributed by atoms with van der Waals surface area (Å²) < 4.78 is 29.2. The van der Waals surface area contributed by atoms with Gasteiger partial charge in [-0.25, -0.2) is 4.39 Å². The number of aromatic nitrogens is 2. The standard InChI is InChI=1S/C22H22FN3O4/c1-13(14-4-6-17(23)7-5-14)26-12-16(10-20(26)27)21-24-22(30-25-21)15-8-18(28-2)11-19(9-15)29-3/h4-9,11,13,16H,10,12H2,1-3H3. The lowest BCUT2D eigenvalue weighted by atomic mass is 10.1. The molecular formula is C22H22FN3O4. The third kappa shape index (κ3) is 3.85. The number of likely N-dealkylation sites (tertiary alicyclic amines) is 1. The van der Waals surface area contributed by atoms with Gasteiger partial charge in [0, 0.05) is 30.5 Å². The van der Waals surface area contributed by atoms with Gasteiger partial charge in [0.2, 0.25) is 5.91 Å². The maximum Gasteiger partial charge on any atom is 0.258 e. The van der Waals surface area contributed by atoms with Crippen LogP contribution in [0.15, 0.2) is 47.0 Å². The summed E-state index contributed by atoms with van der Waals surface area (Å²) in [6.45, 7) is 2.40. The zero-order valence-electron chi connectivity index (χ0n) is 17.0. The van der Waals surface area contributed by atoms with E-state index in [1.54, 1.807) is 49.5 Å². The summed E-state index contributed by atoms with van der Waals surface area (Å²) in [5, 5.41) is 4.10. The van der Waals surface area contributed by atoms with Gasteiger partial charge in [0.05, 0.1) is 20.3 Å². The van der Waals surface area contributed by atoms with E-state index in [9.17, 15) is 9.18 Å². The second kappa shape index (κ2) is 8.14. The Morgan fingerprint density at radius 1 is 1.13 bits per heavy atom. The number of hydrogen-bond donors (Lipinski definition) is 0. The van der Waals surface area contributed by atoms with Crippen LogP contribution in [0.2, 0.25) is 0 Å². The van der Waals surface area contributed by atoms with E-state index in [0.29, 0.717) is 41.7 Å². The smallest absolute Gasteiger partial charge is 0.258 e. The molecule has 0 radical (unpaired) electrons. The second-order valence-corrected chi connectivity index (χ2v) is 7.23. The van der Waals surface area contributed by atoms with Gasteiger partial charge in [0.1, 0.15) is 17.3 Å². The molecule has 156 valence electrons. The van der Waals surface area contributed by atoms with Gasteiger partial charge < -0.3 is 18.9 Å². The molecule has 0 spiro atoms. The Balaban J connectivity index is 1.53. The van der Waals surface area contributed by atoms with Crippen molar-refractivity contribution >= 4 is 5.91 Å². The lowest BCUT2D eigenvalue weighted by Crippen LogP contribution is -2.28. The van der Waals surface area contributed by atoms with Crippen molar-refractivity contribution in [3.05, 3.63) is 59.7 Å². The summed E-state index contributed by atoms with van der Waals surface area (Å²) in [5.74, 6) is 1.56. The highest BCUT2D eigenvalue weighted by Crippen LogP contribution is 2.34. The Bertz CT molecular complexity index is 1030. The average Bonchev–Trinajstić information content (AvgIpc) is 3.40. The molecule has 2 atom stereocenters. The van der Waals surface area contributed by atoms with E-state index in [4.69, 9.17) is 14.0 Å². The molecule has 2 heterocycles. The van der Waals surface area contributed by atoms with E-state index in [0.717, 1.165) is 5.56 Å². The number of benzene rings is 2. The van der Waals surface area contributed by atoms with Gasteiger partial charge in [-0.15, -0.1) is 0 Å². The minimum atomic E-state index is -0.301. The van der Waals surface area contributed by atoms with Crippen molar-refractivity contribution in [2.75, 3.05) is 20.8 Å². The molecule has 1 fully saturated rings. The number of carbonyl (C=O) groups is 1. The number of hydrogen-bond acceptors (Lipinski definition) is 6. The molecule has 1 saturated heterocycles. The van der Waals surface area contributed by atoms with Gasteiger partial charge in [0.15, 0.2) is 5.82 Å². The number of rotatable bonds is 6. The highest BCUT2D eigenvalue weighted by atomic mass is 19.1. The Morgan fingerprint density at radius 2 is 1.80 bits per heavy atom. The van der Waals surface area contributed by atoms with E-state index >= 15 is 0 Å². The highest BCUT2D eigenvalue weighted by molar-refractivity contribution is 5.80. The van der Waals surface area contributed by atoms with Gasteiger partial charge in [0.25, 0.3) is 5.89 Å². The third-order valence-corrected chi connectivity index (χ3v) is 5.38. The fourth-order valence-corrected chi connectivity index (χ4v) is 3.65. The fourth-order valence-electron chi connectivity index (χ4n) is 3.65. The maximum absolute atomic E-state index is 13.2. The van der Waals surface area contributed by atoms with Gasteiger partial charge >= 0.3 is 0 Å². The summed E-state index contributed by atoms with van der Waals surface area (Å²) in [6.07, 6.45) is 0.298. The quantitative estimate of drug-likeness (QED) is 0.611. The molecular weight excluding hydrogens is 389 g/mol. The SMILES string of the molecule is COc1cc(OC)cc(-c2nc(C3CC(=O)N(C(C)c4ccc(F)cc4)C3)no2)c1. The molecule has 0 aliphatic carbocycles. The summed E-state index contributed by atoms with van der Waals surface area (Å²) >= 11 is 0. The molecule has 7 nitrogen and oxygen atoms in total. The predicted molar refractivity (Wildman–Crippen MR) is 107 cm³/mol. The van der Waals surface area contributed by atoms with Crippen LogP contribution in [-0.4, -0.2) is 41.7 Å². The van der Waals surface area contributed by atoms with Crippen LogP contribution in [0.3, 0.4) is 0 Å². The van der Waals surface area contributed by atoms with Crippen molar-refractivity contribution in [1.82, 2.24) is 15.0 Å². The first kappa shape index (κ1) is 19.9. The van der Waals surface area contributed by atoms with Crippen LogP contribution in [0.25, 0.3) is 11.5 Å². The molecule has 1 aromatic heterocycles. The van der Waals surface area contributed by atoms with Crippen LogP contribution in [0.4, 0.5) is 4.39 Å². The van der Waals surface area contributed by atoms with Gasteiger partial charge in [-0.1, -0.05) is 17.3 Å². The lowest BCUT2D eigenvalue weighted by Gasteiger charge is -2.25. The molecule has 30 heavy (non-hydrogen) atoms. The van der Waals surface area contributed by atoms with Crippen LogP contribution >= 0.6 is 0 Å². The van der Waals surface area contributed by atoms with Crippen LogP contribution in [0, 0.1) is 5.82 Å². The van der Waals surface area contributed by atoms with E-state index in [1.807, 2.05) is 6.92 Å². The van der Waals surface area contributed by atoms with E-state index < -0.39 is 0 Å². The predicted octanol–water partition coefficient (Wildman–Crippen LogP) is 3.97. The normalized spacial score (nSPS) is 17.3. The second-order valence-electron chi connectivity index (χ2n) is 7.23. The minimum Gasteiger partial charge on any atom is -0.497 e. The van der Waals surface area contributed by atoms with Crippen molar-refractivity contribution < 1.29 is 23.2 Å². The summed E-state index contributed by atoms with van der Waals surface area (Å²) in [7, 11) is 3.14. The van der Waals surface area contributed by atoms with Crippen molar-refractivity contribution in [1.29, 1.82) is 0 Å². The summed E-state index contributed by atoms with van der Waals surface area (Å²) in [5.41, 5.74) is 1.55. The van der Waals surface area contributed by atoms with E-state index in [1.165, 1.54) is 12.1 Å². The number of amides is 1. The Morgan fingerprint density at radius 3 is 2.43 bits per heavy atom. The molecule has 8 heteroatoms. The Labute approximate surface area is 173 Å². The number of ether oxygens (including phenoxy) is 2. The molecule has 4 rings (SSSR count). The lowest BCUT2D eigenvalue weighted by molar-refractivity contribution is -0.129. The highest BCUT2D eigenvalue weighted by Gasteiger charge is 2.36. The number of methoxy groups -OCH3 is 2. The molecule has 0 saturated carbocycles. The molecule has 2 aromatic carbocycles. The van der Waals surface area contributed by atoms with Gasteiger partial charge in [-0.3, -0.25) is 4.79 Å². The first-order valence-electron chi connectivity index (χ1n) is 9.60. The Kier molecular flexibility index (Phi) is 5.39. The number of halogens is 1. The van der Waals surface area contributed by atoms with Crippen molar-refractivity contribution in [3.63, 3.8) is 0 Å². The number of nitrogens with zero attached hydrogens (tertiary/aromatic N) is 3. The number of carbonyl (C=O) groups excluding carboxylic acids is 1. The maximum atomic E-state index is 13.2. The van der Waals surface area contributed by atoms with Crippen LogP contribution in [0.5, 0.6) is 11.5 Å². The topological polar surface area (TPSA) is 77.7 Å². The first-order valence-corrected chi connectivity index (χ1v) is 9.60. The van der Waals surface area contributed by atoms with Crippen molar-refractivity contribution in [2.45, 2.75) is 25.3 Å². The molecule has 2 unspecified atom stereocenters. The van der Waals surface area contributed by atoms with Crippen molar-refractivity contribution in [2.24, 2.45) is 0 Å². The van der Waals surface area contributed by atoms with Crippen LogP contribution < -0.4 is 9.47 Å². The fraction of sp³-hybridized carbons (Fsp3) is 0.318. The first-order chi connectivity index (χ1) is 14.5. The summed E-state index contributed by atoms with van der Waals surface area (Å²) in [6, 6.07) is 11.3.